The Morgan fingerprint density at radius 2 is 1.83 bits per heavy atom. The van der Waals surface area contributed by atoms with Gasteiger partial charge < -0.3 is 19.7 Å². The second kappa shape index (κ2) is 8.99. The van der Waals surface area contributed by atoms with Gasteiger partial charge in [-0.1, -0.05) is 24.9 Å². The maximum absolute atomic E-state index is 12.5. The second-order valence-corrected chi connectivity index (χ2v) is 6.21. The molecule has 1 aliphatic heterocycles. The van der Waals surface area contributed by atoms with Gasteiger partial charge in [-0.3, -0.25) is 4.90 Å². The largest absolute Gasteiger partial charge is 0.495 e. The van der Waals surface area contributed by atoms with Crippen molar-refractivity contribution in [3.05, 3.63) is 17.2 Å². The van der Waals surface area contributed by atoms with Crippen molar-refractivity contribution in [2.75, 3.05) is 52.3 Å². The molecule has 0 radical (unpaired) electrons. The third kappa shape index (κ3) is 4.68. The fourth-order valence-electron chi connectivity index (χ4n) is 2.71. The Bertz CT molecular complexity index is 560. The number of benzene rings is 1. The first kappa shape index (κ1) is 18.7. The number of halogens is 1. The number of unbranched alkanes of at least 4 members (excludes halogenated alkanes) is 1. The molecule has 0 saturated carbocycles. The molecule has 24 heavy (non-hydrogen) atoms. The van der Waals surface area contributed by atoms with Gasteiger partial charge in [0.25, 0.3) is 0 Å². The third-order valence-corrected chi connectivity index (χ3v) is 4.50. The summed E-state index contributed by atoms with van der Waals surface area (Å²) in [6, 6.07) is 3.18. The Morgan fingerprint density at radius 1 is 1.17 bits per heavy atom. The van der Waals surface area contributed by atoms with Gasteiger partial charge in [-0.25, -0.2) is 4.79 Å². The van der Waals surface area contributed by atoms with Crippen LogP contribution < -0.4 is 14.8 Å². The molecule has 0 aromatic heterocycles. The van der Waals surface area contributed by atoms with E-state index < -0.39 is 0 Å². The summed E-state index contributed by atoms with van der Waals surface area (Å²) in [6.07, 6.45) is 2.40. The summed E-state index contributed by atoms with van der Waals surface area (Å²) in [4.78, 5) is 16.7. The van der Waals surface area contributed by atoms with Gasteiger partial charge in [0.05, 0.1) is 24.9 Å². The highest BCUT2D eigenvalue weighted by Crippen LogP contribution is 2.36. The van der Waals surface area contributed by atoms with Crippen LogP contribution >= 0.6 is 11.6 Å². The molecule has 134 valence electrons. The number of nitrogens with one attached hydrogen (secondary N) is 1. The zero-order valence-corrected chi connectivity index (χ0v) is 15.4. The minimum Gasteiger partial charge on any atom is -0.495 e. The summed E-state index contributed by atoms with van der Waals surface area (Å²) in [5, 5.41) is 3.31. The molecule has 1 N–H and O–H groups in total. The molecule has 1 saturated heterocycles. The van der Waals surface area contributed by atoms with Crippen molar-refractivity contribution < 1.29 is 14.3 Å². The summed E-state index contributed by atoms with van der Waals surface area (Å²) in [7, 11) is 3.09. The lowest BCUT2D eigenvalue weighted by atomic mass is 10.2. The van der Waals surface area contributed by atoms with E-state index in [1.807, 2.05) is 4.90 Å². The fourth-order valence-corrected chi connectivity index (χ4v) is 2.95. The zero-order valence-electron chi connectivity index (χ0n) is 14.6. The Balaban J connectivity index is 1.97. The highest BCUT2D eigenvalue weighted by atomic mass is 35.5. The van der Waals surface area contributed by atoms with Crippen LogP contribution in [0.3, 0.4) is 0 Å². The summed E-state index contributed by atoms with van der Waals surface area (Å²) in [6.45, 7) is 6.57. The Morgan fingerprint density at radius 3 is 2.42 bits per heavy atom. The number of amides is 2. The Kier molecular flexibility index (Phi) is 6.99. The highest BCUT2D eigenvalue weighted by Gasteiger charge is 2.22. The first-order valence-electron chi connectivity index (χ1n) is 8.28. The fraction of sp³-hybridized carbons (Fsp3) is 0.588. The number of urea groups is 1. The van der Waals surface area contributed by atoms with Crippen LogP contribution in [-0.4, -0.2) is 62.8 Å². The molecule has 0 unspecified atom stereocenters. The number of hydrogen-bond donors (Lipinski definition) is 1. The monoisotopic (exact) mass is 355 g/mol. The molecule has 2 rings (SSSR count). The number of ether oxygens (including phenoxy) is 2. The van der Waals surface area contributed by atoms with Crippen molar-refractivity contribution >= 4 is 23.3 Å². The van der Waals surface area contributed by atoms with Gasteiger partial charge in [-0.05, 0) is 19.0 Å². The van der Waals surface area contributed by atoms with Gasteiger partial charge in [0, 0.05) is 32.2 Å². The van der Waals surface area contributed by atoms with E-state index in [1.54, 1.807) is 19.2 Å². The molecular formula is C17H26ClN3O3. The number of piperazine rings is 1. The molecule has 6 nitrogen and oxygen atoms in total. The minimum atomic E-state index is -0.135. The van der Waals surface area contributed by atoms with Crippen LogP contribution in [0.5, 0.6) is 11.5 Å². The average Bonchev–Trinajstić information content (AvgIpc) is 2.60. The molecule has 0 atom stereocenters. The first-order valence-corrected chi connectivity index (χ1v) is 8.66. The van der Waals surface area contributed by atoms with Gasteiger partial charge in [0.15, 0.2) is 0 Å². The van der Waals surface area contributed by atoms with E-state index in [0.29, 0.717) is 22.2 Å². The minimum absolute atomic E-state index is 0.135. The maximum Gasteiger partial charge on any atom is 0.322 e. The molecule has 1 fully saturated rings. The number of anilines is 1. The van der Waals surface area contributed by atoms with Crippen LogP contribution in [0.2, 0.25) is 5.02 Å². The van der Waals surface area contributed by atoms with E-state index in [9.17, 15) is 4.79 Å². The van der Waals surface area contributed by atoms with E-state index in [2.05, 4.69) is 17.1 Å². The quantitative estimate of drug-likeness (QED) is 0.850. The van der Waals surface area contributed by atoms with Crippen molar-refractivity contribution in [2.45, 2.75) is 19.8 Å². The average molecular weight is 356 g/mol. The number of methoxy groups -OCH3 is 2. The normalized spacial score (nSPS) is 15.2. The lowest BCUT2D eigenvalue weighted by Gasteiger charge is -2.34. The summed E-state index contributed by atoms with van der Waals surface area (Å²) in [5.74, 6) is 1.03. The molecule has 1 aromatic rings. The van der Waals surface area contributed by atoms with Crippen LogP contribution in [0, 0.1) is 0 Å². The Hall–Kier alpha value is -1.66. The van der Waals surface area contributed by atoms with Gasteiger partial charge >= 0.3 is 6.03 Å². The van der Waals surface area contributed by atoms with Crippen LogP contribution in [0.1, 0.15) is 19.8 Å². The third-order valence-electron chi connectivity index (χ3n) is 4.20. The molecule has 1 heterocycles. The molecule has 2 amide bonds. The predicted molar refractivity (Wildman–Crippen MR) is 96.5 cm³/mol. The molecule has 1 aliphatic rings. The Labute approximate surface area is 148 Å². The van der Waals surface area contributed by atoms with Crippen LogP contribution in [-0.2, 0) is 0 Å². The van der Waals surface area contributed by atoms with Crippen LogP contribution in [0.25, 0.3) is 0 Å². The summed E-state index contributed by atoms with van der Waals surface area (Å²) in [5.41, 5.74) is 0.543. The van der Waals surface area contributed by atoms with E-state index in [-0.39, 0.29) is 6.03 Å². The molecular weight excluding hydrogens is 330 g/mol. The zero-order chi connectivity index (χ0) is 17.5. The number of carbonyl (C=O) groups excluding carboxylic acids is 1. The highest BCUT2D eigenvalue weighted by molar-refractivity contribution is 6.32. The number of hydrogen-bond acceptors (Lipinski definition) is 4. The van der Waals surface area contributed by atoms with Crippen molar-refractivity contribution in [1.29, 1.82) is 0 Å². The standard InChI is InChI=1S/C17H26ClN3O3/c1-4-5-6-20-7-9-21(10-8-20)17(22)19-14-11-13(18)15(23-2)12-16(14)24-3/h11-12H,4-10H2,1-3H3,(H,19,22). The second-order valence-electron chi connectivity index (χ2n) is 5.80. The van der Waals surface area contributed by atoms with E-state index in [4.69, 9.17) is 21.1 Å². The van der Waals surface area contributed by atoms with Crippen molar-refractivity contribution in [3.63, 3.8) is 0 Å². The number of nitrogens with zero attached hydrogens (tertiary/aromatic N) is 2. The van der Waals surface area contributed by atoms with E-state index in [1.165, 1.54) is 20.0 Å². The topological polar surface area (TPSA) is 54.0 Å². The molecule has 0 aliphatic carbocycles. The van der Waals surface area contributed by atoms with Crippen LogP contribution in [0.15, 0.2) is 12.1 Å². The molecule has 0 bridgehead atoms. The number of carbonyl (C=O) groups is 1. The maximum atomic E-state index is 12.5. The lowest BCUT2D eigenvalue weighted by Crippen LogP contribution is -2.50. The van der Waals surface area contributed by atoms with E-state index in [0.717, 1.165) is 32.7 Å². The van der Waals surface area contributed by atoms with Crippen LogP contribution in [0.4, 0.5) is 10.5 Å². The van der Waals surface area contributed by atoms with Gasteiger partial charge in [0.1, 0.15) is 11.5 Å². The molecule has 1 aromatic carbocycles. The number of rotatable bonds is 6. The van der Waals surface area contributed by atoms with Gasteiger partial charge in [-0.15, -0.1) is 0 Å². The summed E-state index contributed by atoms with van der Waals surface area (Å²) >= 11 is 6.14. The van der Waals surface area contributed by atoms with Crippen molar-refractivity contribution in [3.8, 4) is 11.5 Å². The molecule has 0 spiro atoms. The SMILES string of the molecule is CCCCN1CCN(C(=O)Nc2cc(Cl)c(OC)cc2OC)CC1. The van der Waals surface area contributed by atoms with Gasteiger partial charge in [-0.2, -0.15) is 0 Å². The summed E-state index contributed by atoms with van der Waals surface area (Å²) < 4.78 is 10.5. The lowest BCUT2D eigenvalue weighted by molar-refractivity contribution is 0.146. The van der Waals surface area contributed by atoms with Gasteiger partial charge in [0.2, 0.25) is 0 Å². The van der Waals surface area contributed by atoms with Crippen molar-refractivity contribution in [2.24, 2.45) is 0 Å². The predicted octanol–water partition coefficient (Wildman–Crippen LogP) is 3.31. The smallest absolute Gasteiger partial charge is 0.322 e. The van der Waals surface area contributed by atoms with Crippen molar-refractivity contribution in [1.82, 2.24) is 9.80 Å². The first-order chi connectivity index (χ1) is 11.6. The molecule has 7 heteroatoms. The van der Waals surface area contributed by atoms with E-state index >= 15 is 0 Å².